The molecule has 0 fully saturated rings. The maximum Gasteiger partial charge on any atom is 0.501 e. The predicted molar refractivity (Wildman–Crippen MR) is 146 cm³/mol. The van der Waals surface area contributed by atoms with Crippen molar-refractivity contribution < 1.29 is 13.9 Å². The third kappa shape index (κ3) is 3.80. The van der Waals surface area contributed by atoms with Gasteiger partial charge in [0, 0.05) is 41.2 Å². The van der Waals surface area contributed by atoms with Crippen LogP contribution in [-0.4, -0.2) is 24.7 Å². The lowest BCUT2D eigenvalue weighted by Crippen LogP contribution is -1.96. The van der Waals surface area contributed by atoms with Crippen molar-refractivity contribution >= 4 is 39.2 Å². The smallest absolute Gasteiger partial charge is 0.457 e. The Balaban J connectivity index is 1.27. The van der Waals surface area contributed by atoms with E-state index >= 15 is 0 Å². The number of nitrogens with zero attached hydrogens (tertiary/aromatic N) is 4. The number of hydrogen-bond donors (Lipinski definition) is 0. The summed E-state index contributed by atoms with van der Waals surface area (Å²) in [6.45, 7) is 0. The van der Waals surface area contributed by atoms with Crippen LogP contribution in [0.25, 0.3) is 27.6 Å². The molecule has 0 radical (unpaired) electrons. The second-order valence-electron chi connectivity index (χ2n) is 8.79. The lowest BCUT2D eigenvalue weighted by atomic mass is 10.1. The summed E-state index contributed by atoms with van der Waals surface area (Å²) in [6, 6.07) is 42.2. The van der Waals surface area contributed by atoms with Crippen molar-refractivity contribution in [1.82, 2.24) is 9.55 Å². The average molecular weight is 479 g/mol. The van der Waals surface area contributed by atoms with Gasteiger partial charge in [0.05, 0.1) is 17.1 Å². The first-order chi connectivity index (χ1) is 18.3. The lowest BCUT2D eigenvalue weighted by Gasteiger charge is -2.09. The van der Waals surface area contributed by atoms with Crippen molar-refractivity contribution in [3.63, 3.8) is 0 Å². The zero-order valence-electron chi connectivity index (χ0n) is 19.9. The second-order valence-corrected chi connectivity index (χ2v) is 8.79. The molecule has 0 atom stereocenters. The standard InChI is InChI=1S/C32H22N4O/c1-2-9-24(10-3-1)34-19-20-35(23-34)25-11-8-12-26(21-25)37-27-16-17-29-28-13-4-5-14-30(28)36(31(29)22-27)32-15-6-7-18-33-32/h1-22H/q+2. The van der Waals surface area contributed by atoms with Crippen molar-refractivity contribution in [1.29, 1.82) is 0 Å². The van der Waals surface area contributed by atoms with Gasteiger partial charge in [0.2, 0.25) is 11.4 Å². The topological polar surface area (TPSA) is 33.1 Å². The number of para-hydroxylation sites is 2. The Labute approximate surface area is 213 Å². The number of benzene rings is 4. The van der Waals surface area contributed by atoms with E-state index in [-0.39, 0.29) is 0 Å². The number of pyridine rings is 1. The molecule has 7 rings (SSSR count). The fourth-order valence-electron chi connectivity index (χ4n) is 4.77. The van der Waals surface area contributed by atoms with E-state index in [0.717, 1.165) is 45.1 Å². The highest BCUT2D eigenvalue weighted by Gasteiger charge is 2.21. The molecule has 0 bridgehead atoms. The number of rotatable bonds is 5. The molecule has 5 heteroatoms. The number of aromatic nitrogens is 2. The highest BCUT2D eigenvalue weighted by atomic mass is 16.5. The second kappa shape index (κ2) is 8.76. The predicted octanol–water partition coefficient (Wildman–Crippen LogP) is 7.62. The van der Waals surface area contributed by atoms with E-state index in [1.807, 2.05) is 94.5 Å². The molecule has 1 aliphatic heterocycles. The zero-order valence-corrected chi connectivity index (χ0v) is 19.9. The minimum absolute atomic E-state index is 0.755. The van der Waals surface area contributed by atoms with Crippen molar-refractivity contribution in [2.45, 2.75) is 0 Å². The summed E-state index contributed by atoms with van der Waals surface area (Å²) in [7, 11) is 0. The summed E-state index contributed by atoms with van der Waals surface area (Å²) in [5, 5.41) is 2.35. The summed E-state index contributed by atoms with van der Waals surface area (Å²) < 4.78 is 12.5. The highest BCUT2D eigenvalue weighted by molar-refractivity contribution is 6.09. The van der Waals surface area contributed by atoms with Gasteiger partial charge in [-0.15, -0.1) is 0 Å². The minimum Gasteiger partial charge on any atom is -0.457 e. The van der Waals surface area contributed by atoms with E-state index in [2.05, 4.69) is 64.1 Å². The van der Waals surface area contributed by atoms with Crippen LogP contribution in [0.1, 0.15) is 0 Å². The van der Waals surface area contributed by atoms with E-state index in [1.165, 1.54) is 5.39 Å². The number of fused-ring (bicyclic) bond motifs is 3. The minimum atomic E-state index is 0.755. The van der Waals surface area contributed by atoms with Gasteiger partial charge in [0.25, 0.3) is 12.4 Å². The van der Waals surface area contributed by atoms with Crippen molar-refractivity contribution in [2.24, 2.45) is 0 Å². The first-order valence-corrected chi connectivity index (χ1v) is 12.1. The van der Waals surface area contributed by atoms with E-state index in [9.17, 15) is 0 Å². The molecule has 0 N–H and O–H groups in total. The molecule has 0 saturated heterocycles. The molecule has 5 nitrogen and oxygen atoms in total. The molecule has 0 saturated carbocycles. The molecular formula is C32H22N4O+2. The molecule has 174 valence electrons. The van der Waals surface area contributed by atoms with Gasteiger partial charge in [-0.25, -0.2) is 4.98 Å². The van der Waals surface area contributed by atoms with Gasteiger partial charge in [-0.3, -0.25) is 4.57 Å². The van der Waals surface area contributed by atoms with Gasteiger partial charge in [0.15, 0.2) is 0 Å². The first-order valence-electron chi connectivity index (χ1n) is 12.1. The molecule has 0 aliphatic carbocycles. The van der Waals surface area contributed by atoms with Crippen LogP contribution in [0.15, 0.2) is 134 Å². The molecule has 37 heavy (non-hydrogen) atoms. The van der Waals surface area contributed by atoms with E-state index in [1.54, 1.807) is 0 Å². The van der Waals surface area contributed by atoms with Gasteiger partial charge >= 0.3 is 6.01 Å². The van der Waals surface area contributed by atoms with Crippen LogP contribution in [0, 0.1) is 0 Å². The van der Waals surface area contributed by atoms with Crippen LogP contribution in [0.5, 0.6) is 11.5 Å². The summed E-state index contributed by atoms with van der Waals surface area (Å²) in [5.41, 5.74) is 4.20. The van der Waals surface area contributed by atoms with Gasteiger partial charge < -0.3 is 4.74 Å². The number of hydrogen-bond acceptors (Lipinski definition) is 2. The van der Waals surface area contributed by atoms with Crippen LogP contribution in [0.3, 0.4) is 0 Å². The first kappa shape index (κ1) is 21.1. The fourth-order valence-corrected chi connectivity index (χ4v) is 4.77. The maximum atomic E-state index is 6.36. The van der Waals surface area contributed by atoms with Gasteiger partial charge in [0.1, 0.15) is 17.3 Å². The molecule has 2 aromatic heterocycles. The molecule has 4 aromatic carbocycles. The molecular weight excluding hydrogens is 456 g/mol. The molecule has 1 aliphatic rings. The summed E-state index contributed by atoms with van der Waals surface area (Å²) in [5.74, 6) is 2.40. The number of ether oxygens (including phenoxy) is 1. The van der Waals surface area contributed by atoms with Crippen molar-refractivity contribution in [2.75, 3.05) is 0 Å². The Morgan fingerprint density at radius 1 is 0.595 bits per heavy atom. The zero-order chi connectivity index (χ0) is 24.6. The Morgan fingerprint density at radius 2 is 1.32 bits per heavy atom. The van der Waals surface area contributed by atoms with Crippen LogP contribution in [0.2, 0.25) is 0 Å². The third-order valence-corrected chi connectivity index (χ3v) is 6.47. The summed E-state index contributed by atoms with van der Waals surface area (Å²) in [4.78, 5) is 4.62. The van der Waals surface area contributed by atoms with E-state index < -0.39 is 0 Å². The summed E-state index contributed by atoms with van der Waals surface area (Å²) in [6.07, 6.45) is 5.80. The quantitative estimate of drug-likeness (QED) is 0.239. The van der Waals surface area contributed by atoms with Crippen LogP contribution in [-0.2, 0) is 0 Å². The van der Waals surface area contributed by atoms with Gasteiger partial charge in [-0.05, 0) is 36.4 Å². The van der Waals surface area contributed by atoms with E-state index in [0.29, 0.717) is 0 Å². The van der Waals surface area contributed by atoms with Crippen molar-refractivity contribution in [3.05, 3.63) is 134 Å². The molecule has 3 heterocycles. The molecule has 0 spiro atoms. The summed E-state index contributed by atoms with van der Waals surface area (Å²) >= 11 is 0. The Morgan fingerprint density at radius 3 is 2.19 bits per heavy atom. The highest BCUT2D eigenvalue weighted by Crippen LogP contribution is 2.35. The monoisotopic (exact) mass is 478 g/mol. The van der Waals surface area contributed by atoms with Crippen LogP contribution < -0.4 is 4.74 Å². The SMILES string of the molecule is C1=[N+](c2ccccc2)C=C[N+]=1c1cccc(Oc2ccc3c4ccccc4n(-c4ccccn4)c3c2)c1. The molecule has 0 unspecified atom stereocenters. The molecule has 6 aromatic rings. The van der Waals surface area contributed by atoms with Crippen molar-refractivity contribution in [3.8, 4) is 17.3 Å². The fraction of sp³-hybridized carbons (Fsp3) is 0. The Bertz CT molecular complexity index is 1880. The third-order valence-electron chi connectivity index (χ3n) is 6.47. The van der Waals surface area contributed by atoms with Gasteiger partial charge in [-0.2, -0.15) is 0 Å². The normalized spacial score (nSPS) is 12.6. The van der Waals surface area contributed by atoms with Crippen LogP contribution >= 0.6 is 0 Å². The lowest BCUT2D eigenvalue weighted by molar-refractivity contribution is -0.387. The van der Waals surface area contributed by atoms with Crippen LogP contribution in [0.4, 0.5) is 11.4 Å². The maximum absolute atomic E-state index is 6.36. The Kier molecular flexibility index (Phi) is 4.99. The average Bonchev–Trinajstić information content (AvgIpc) is 3.58. The van der Waals surface area contributed by atoms with Gasteiger partial charge in [-0.1, -0.05) is 57.7 Å². The molecule has 0 amide bonds. The Hall–Kier alpha value is -5.25. The van der Waals surface area contributed by atoms with E-state index in [4.69, 9.17) is 4.74 Å². The largest absolute Gasteiger partial charge is 0.501 e.